The first kappa shape index (κ1) is 15.3. The lowest BCUT2D eigenvalue weighted by atomic mass is 10.1. The lowest BCUT2D eigenvalue weighted by Crippen LogP contribution is -2.18. The summed E-state index contributed by atoms with van der Waals surface area (Å²) in [5, 5.41) is 0. The number of methoxy groups -OCH3 is 2. The van der Waals surface area contributed by atoms with Gasteiger partial charge in [-0.1, -0.05) is 24.3 Å². The van der Waals surface area contributed by atoms with E-state index in [0.717, 1.165) is 5.56 Å². The quantitative estimate of drug-likeness (QED) is 0.812. The van der Waals surface area contributed by atoms with Crippen LogP contribution in [0.2, 0.25) is 0 Å². The first-order valence-electron chi connectivity index (χ1n) is 6.77. The van der Waals surface area contributed by atoms with Crippen molar-refractivity contribution in [3.63, 3.8) is 0 Å². The topological polar surface area (TPSA) is 21.7 Å². The SMILES string of the molecule is COc1ccc(CN(C)Cc2ccccc2F)cc1OC. The second-order valence-electron chi connectivity index (χ2n) is 4.95. The van der Waals surface area contributed by atoms with Crippen LogP contribution in [0.15, 0.2) is 42.5 Å². The summed E-state index contributed by atoms with van der Waals surface area (Å²) < 4.78 is 24.2. The lowest BCUT2D eigenvalue weighted by Gasteiger charge is -2.18. The maximum Gasteiger partial charge on any atom is 0.161 e. The number of hydrogen-bond donors (Lipinski definition) is 0. The van der Waals surface area contributed by atoms with Crippen LogP contribution in [0.25, 0.3) is 0 Å². The first-order valence-corrected chi connectivity index (χ1v) is 6.77. The normalized spacial score (nSPS) is 10.7. The monoisotopic (exact) mass is 289 g/mol. The predicted molar refractivity (Wildman–Crippen MR) is 81.1 cm³/mol. The predicted octanol–water partition coefficient (Wildman–Crippen LogP) is 3.47. The zero-order valence-electron chi connectivity index (χ0n) is 12.6. The summed E-state index contributed by atoms with van der Waals surface area (Å²) in [4.78, 5) is 2.06. The van der Waals surface area contributed by atoms with Gasteiger partial charge in [-0.2, -0.15) is 0 Å². The van der Waals surface area contributed by atoms with Gasteiger partial charge in [0, 0.05) is 18.7 Å². The van der Waals surface area contributed by atoms with E-state index in [9.17, 15) is 4.39 Å². The Balaban J connectivity index is 2.06. The van der Waals surface area contributed by atoms with E-state index in [1.165, 1.54) is 6.07 Å². The average Bonchev–Trinajstić information content (AvgIpc) is 2.49. The van der Waals surface area contributed by atoms with E-state index in [1.807, 2.05) is 31.3 Å². The fourth-order valence-electron chi connectivity index (χ4n) is 2.26. The van der Waals surface area contributed by atoms with Crippen LogP contribution < -0.4 is 9.47 Å². The minimum Gasteiger partial charge on any atom is -0.493 e. The van der Waals surface area contributed by atoms with E-state index in [0.29, 0.717) is 30.2 Å². The van der Waals surface area contributed by atoms with Gasteiger partial charge in [-0.25, -0.2) is 4.39 Å². The molecule has 2 aromatic rings. The minimum absolute atomic E-state index is 0.170. The van der Waals surface area contributed by atoms with Crippen molar-refractivity contribution in [2.45, 2.75) is 13.1 Å². The van der Waals surface area contributed by atoms with E-state index in [4.69, 9.17) is 9.47 Å². The number of hydrogen-bond acceptors (Lipinski definition) is 3. The van der Waals surface area contributed by atoms with Gasteiger partial charge in [0.2, 0.25) is 0 Å². The highest BCUT2D eigenvalue weighted by molar-refractivity contribution is 5.42. The standard InChI is InChI=1S/C17H20FNO2/c1-19(12-14-6-4-5-7-15(14)18)11-13-8-9-16(20-2)17(10-13)21-3/h4-10H,11-12H2,1-3H3. The van der Waals surface area contributed by atoms with Gasteiger partial charge >= 0.3 is 0 Å². The van der Waals surface area contributed by atoms with Crippen molar-refractivity contribution in [2.24, 2.45) is 0 Å². The third kappa shape index (κ3) is 3.95. The van der Waals surface area contributed by atoms with Crippen LogP contribution in [-0.4, -0.2) is 26.2 Å². The van der Waals surface area contributed by atoms with Gasteiger partial charge in [0.25, 0.3) is 0 Å². The Kier molecular flexibility index (Phi) is 5.17. The van der Waals surface area contributed by atoms with E-state index in [2.05, 4.69) is 4.90 Å². The molecule has 0 bridgehead atoms. The number of nitrogens with zero attached hydrogens (tertiary/aromatic N) is 1. The van der Waals surface area contributed by atoms with Crippen molar-refractivity contribution < 1.29 is 13.9 Å². The van der Waals surface area contributed by atoms with Crippen molar-refractivity contribution in [3.05, 3.63) is 59.4 Å². The number of halogens is 1. The fourth-order valence-corrected chi connectivity index (χ4v) is 2.26. The highest BCUT2D eigenvalue weighted by Gasteiger charge is 2.08. The number of rotatable bonds is 6. The third-order valence-electron chi connectivity index (χ3n) is 3.30. The lowest BCUT2D eigenvalue weighted by molar-refractivity contribution is 0.311. The molecule has 0 saturated heterocycles. The van der Waals surface area contributed by atoms with E-state index < -0.39 is 0 Å². The first-order chi connectivity index (χ1) is 10.1. The summed E-state index contributed by atoms with van der Waals surface area (Å²) in [7, 11) is 5.19. The Morgan fingerprint density at radius 3 is 2.33 bits per heavy atom. The Bertz CT molecular complexity index is 601. The van der Waals surface area contributed by atoms with Gasteiger partial charge in [0.1, 0.15) is 5.82 Å². The minimum atomic E-state index is -0.170. The summed E-state index contributed by atoms with van der Waals surface area (Å²) in [6.45, 7) is 1.26. The molecule has 0 heterocycles. The van der Waals surface area contributed by atoms with Gasteiger partial charge in [-0.3, -0.25) is 4.90 Å². The van der Waals surface area contributed by atoms with Crippen molar-refractivity contribution >= 4 is 0 Å². The summed E-state index contributed by atoms with van der Waals surface area (Å²) in [5.41, 5.74) is 1.78. The van der Waals surface area contributed by atoms with Crippen LogP contribution in [-0.2, 0) is 13.1 Å². The molecule has 0 radical (unpaired) electrons. The van der Waals surface area contributed by atoms with Crippen LogP contribution >= 0.6 is 0 Å². The molecule has 0 aliphatic carbocycles. The Hall–Kier alpha value is -2.07. The summed E-state index contributed by atoms with van der Waals surface area (Å²) in [6.07, 6.45) is 0. The molecule has 112 valence electrons. The molecule has 0 atom stereocenters. The van der Waals surface area contributed by atoms with Crippen molar-refractivity contribution in [1.29, 1.82) is 0 Å². The molecular weight excluding hydrogens is 269 g/mol. The van der Waals surface area contributed by atoms with E-state index in [1.54, 1.807) is 26.4 Å². The summed E-state index contributed by atoms with van der Waals surface area (Å²) in [5.74, 6) is 1.24. The number of ether oxygens (including phenoxy) is 2. The van der Waals surface area contributed by atoms with Gasteiger partial charge < -0.3 is 9.47 Å². The second-order valence-corrected chi connectivity index (χ2v) is 4.95. The zero-order valence-corrected chi connectivity index (χ0v) is 12.6. The van der Waals surface area contributed by atoms with Crippen molar-refractivity contribution in [1.82, 2.24) is 4.90 Å². The molecule has 0 aromatic heterocycles. The Morgan fingerprint density at radius 1 is 0.952 bits per heavy atom. The average molecular weight is 289 g/mol. The van der Waals surface area contributed by atoms with E-state index in [-0.39, 0.29) is 5.82 Å². The molecule has 0 aliphatic heterocycles. The van der Waals surface area contributed by atoms with Crippen LogP contribution in [0.4, 0.5) is 4.39 Å². The molecule has 0 fully saturated rings. The Morgan fingerprint density at radius 2 is 1.67 bits per heavy atom. The molecule has 0 unspecified atom stereocenters. The molecule has 2 rings (SSSR count). The number of benzene rings is 2. The second kappa shape index (κ2) is 7.09. The molecule has 0 N–H and O–H groups in total. The summed E-state index contributed by atoms with van der Waals surface area (Å²) >= 11 is 0. The van der Waals surface area contributed by atoms with Gasteiger partial charge in [0.15, 0.2) is 11.5 Å². The smallest absolute Gasteiger partial charge is 0.161 e. The maximum atomic E-state index is 13.6. The zero-order chi connectivity index (χ0) is 15.2. The van der Waals surface area contributed by atoms with Gasteiger partial charge in [-0.05, 0) is 30.8 Å². The van der Waals surface area contributed by atoms with Crippen LogP contribution in [0.5, 0.6) is 11.5 Å². The molecule has 0 spiro atoms. The van der Waals surface area contributed by atoms with Gasteiger partial charge in [0.05, 0.1) is 14.2 Å². The molecule has 0 aliphatic rings. The van der Waals surface area contributed by atoms with Crippen LogP contribution in [0.1, 0.15) is 11.1 Å². The van der Waals surface area contributed by atoms with E-state index >= 15 is 0 Å². The molecular formula is C17H20FNO2. The van der Waals surface area contributed by atoms with Crippen molar-refractivity contribution in [2.75, 3.05) is 21.3 Å². The molecule has 3 nitrogen and oxygen atoms in total. The summed E-state index contributed by atoms with van der Waals surface area (Å²) in [6, 6.07) is 12.6. The highest BCUT2D eigenvalue weighted by Crippen LogP contribution is 2.28. The van der Waals surface area contributed by atoms with Gasteiger partial charge in [-0.15, -0.1) is 0 Å². The fraction of sp³-hybridized carbons (Fsp3) is 0.294. The van der Waals surface area contributed by atoms with Crippen molar-refractivity contribution in [3.8, 4) is 11.5 Å². The highest BCUT2D eigenvalue weighted by atomic mass is 19.1. The molecule has 0 saturated carbocycles. The Labute approximate surface area is 124 Å². The maximum absolute atomic E-state index is 13.6. The molecule has 2 aromatic carbocycles. The third-order valence-corrected chi connectivity index (χ3v) is 3.30. The molecule has 0 amide bonds. The largest absolute Gasteiger partial charge is 0.493 e. The molecule has 21 heavy (non-hydrogen) atoms. The van der Waals surface area contributed by atoms with Crippen LogP contribution in [0.3, 0.4) is 0 Å². The molecule has 4 heteroatoms. The van der Waals surface area contributed by atoms with Crippen LogP contribution in [0, 0.1) is 5.82 Å².